The summed E-state index contributed by atoms with van der Waals surface area (Å²) in [5.74, 6) is -1.24. The van der Waals surface area contributed by atoms with E-state index in [1.54, 1.807) is 0 Å². The number of halogens is 3. The molecular formula is C13H11F3N2O2. The predicted molar refractivity (Wildman–Crippen MR) is 64.6 cm³/mol. The Morgan fingerprint density at radius 1 is 1.30 bits per heavy atom. The largest absolute Gasteiger partial charge is 0.433 e. The number of primary amides is 1. The van der Waals surface area contributed by atoms with Crippen molar-refractivity contribution in [3.05, 3.63) is 35.2 Å². The molecule has 0 saturated heterocycles. The highest BCUT2D eigenvalue weighted by molar-refractivity contribution is 6.03. The van der Waals surface area contributed by atoms with Crippen molar-refractivity contribution < 1.29 is 22.8 Å². The van der Waals surface area contributed by atoms with Crippen LogP contribution in [0.25, 0.3) is 5.57 Å². The lowest BCUT2D eigenvalue weighted by atomic mass is 9.89. The Morgan fingerprint density at radius 3 is 2.55 bits per heavy atom. The molecule has 2 rings (SSSR count). The lowest BCUT2D eigenvalue weighted by Crippen LogP contribution is -2.20. The summed E-state index contributed by atoms with van der Waals surface area (Å²) in [6, 6.07) is 1.13. The van der Waals surface area contributed by atoms with E-state index in [-0.39, 0.29) is 35.3 Å². The van der Waals surface area contributed by atoms with E-state index < -0.39 is 17.8 Å². The van der Waals surface area contributed by atoms with Crippen LogP contribution in [0.1, 0.15) is 40.9 Å². The smallest absolute Gasteiger partial charge is 0.366 e. The number of aromatic nitrogens is 1. The molecule has 1 aliphatic rings. The zero-order valence-electron chi connectivity index (χ0n) is 10.3. The summed E-state index contributed by atoms with van der Waals surface area (Å²) in [4.78, 5) is 26.0. The van der Waals surface area contributed by atoms with E-state index in [0.717, 1.165) is 18.3 Å². The van der Waals surface area contributed by atoms with Gasteiger partial charge >= 0.3 is 6.18 Å². The van der Waals surface area contributed by atoms with Gasteiger partial charge in [-0.25, -0.2) is 0 Å². The van der Waals surface area contributed by atoms with Crippen molar-refractivity contribution >= 4 is 17.3 Å². The van der Waals surface area contributed by atoms with Crippen LogP contribution in [0.2, 0.25) is 0 Å². The second-order valence-corrected chi connectivity index (χ2v) is 4.43. The molecule has 20 heavy (non-hydrogen) atoms. The molecule has 0 spiro atoms. The van der Waals surface area contributed by atoms with Crippen molar-refractivity contribution in [2.24, 2.45) is 5.73 Å². The maximum absolute atomic E-state index is 13.0. The zero-order valence-corrected chi connectivity index (χ0v) is 10.3. The third-order valence-electron chi connectivity index (χ3n) is 3.01. The monoisotopic (exact) mass is 284 g/mol. The number of ketones is 1. The molecule has 106 valence electrons. The van der Waals surface area contributed by atoms with E-state index in [2.05, 4.69) is 4.98 Å². The lowest BCUT2D eigenvalue weighted by molar-refractivity contribution is -0.141. The number of carbonyl (C=O) groups excluding carboxylic acids is 2. The van der Waals surface area contributed by atoms with Crippen molar-refractivity contribution in [3.63, 3.8) is 0 Å². The fourth-order valence-corrected chi connectivity index (χ4v) is 2.20. The van der Waals surface area contributed by atoms with Crippen LogP contribution in [-0.2, 0) is 11.0 Å². The van der Waals surface area contributed by atoms with E-state index in [9.17, 15) is 22.8 Å². The number of alkyl halides is 3. The van der Waals surface area contributed by atoms with Gasteiger partial charge < -0.3 is 5.73 Å². The maximum atomic E-state index is 13.0. The first kappa shape index (κ1) is 14.2. The normalized spacial score (nSPS) is 15.9. The first-order valence-electron chi connectivity index (χ1n) is 5.90. The van der Waals surface area contributed by atoms with Crippen LogP contribution >= 0.6 is 0 Å². The SMILES string of the molecule is NC(=O)c1ccnc(C(F)(F)F)c1C1=CC(=O)CCC1. The molecule has 1 aromatic rings. The highest BCUT2D eigenvalue weighted by atomic mass is 19.4. The van der Waals surface area contributed by atoms with E-state index in [0.29, 0.717) is 6.42 Å². The van der Waals surface area contributed by atoms with Crippen LogP contribution < -0.4 is 5.73 Å². The quantitative estimate of drug-likeness (QED) is 0.905. The second kappa shape index (κ2) is 5.07. The van der Waals surface area contributed by atoms with Crippen LogP contribution in [0.3, 0.4) is 0 Å². The summed E-state index contributed by atoms with van der Waals surface area (Å²) >= 11 is 0. The average molecular weight is 284 g/mol. The van der Waals surface area contributed by atoms with E-state index in [1.165, 1.54) is 0 Å². The Kier molecular flexibility index (Phi) is 3.61. The number of carbonyl (C=O) groups is 2. The fourth-order valence-electron chi connectivity index (χ4n) is 2.20. The molecule has 0 aromatic carbocycles. The number of allylic oxidation sites excluding steroid dienone is 2. The molecule has 0 aliphatic heterocycles. The van der Waals surface area contributed by atoms with Gasteiger partial charge in [-0.1, -0.05) is 0 Å². The number of amides is 1. The van der Waals surface area contributed by atoms with Crippen molar-refractivity contribution in [2.45, 2.75) is 25.4 Å². The first-order chi connectivity index (χ1) is 9.30. The van der Waals surface area contributed by atoms with E-state index in [4.69, 9.17) is 5.73 Å². The Labute approximate surface area is 112 Å². The minimum atomic E-state index is -4.72. The highest BCUT2D eigenvalue weighted by Gasteiger charge is 2.38. The molecule has 1 heterocycles. The fraction of sp³-hybridized carbons (Fsp3) is 0.308. The molecule has 1 amide bonds. The van der Waals surface area contributed by atoms with Gasteiger partial charge in [0.2, 0.25) is 5.91 Å². The topological polar surface area (TPSA) is 73.1 Å². The summed E-state index contributed by atoms with van der Waals surface area (Å²) in [6.07, 6.45) is -1.69. The Balaban J connectivity index is 2.70. The number of rotatable bonds is 2. The Hall–Kier alpha value is -2.18. The average Bonchev–Trinajstić information content (AvgIpc) is 2.36. The van der Waals surface area contributed by atoms with Gasteiger partial charge in [-0.3, -0.25) is 14.6 Å². The van der Waals surface area contributed by atoms with Crippen molar-refractivity contribution in [1.82, 2.24) is 4.98 Å². The van der Waals surface area contributed by atoms with Crippen LogP contribution in [0.15, 0.2) is 18.3 Å². The number of hydrogen-bond acceptors (Lipinski definition) is 3. The minimum absolute atomic E-state index is 0.162. The molecule has 0 fully saturated rings. The van der Waals surface area contributed by atoms with Gasteiger partial charge in [0.25, 0.3) is 0 Å². The maximum Gasteiger partial charge on any atom is 0.433 e. The van der Waals surface area contributed by atoms with Crippen molar-refractivity contribution in [2.75, 3.05) is 0 Å². The Morgan fingerprint density at radius 2 is 2.00 bits per heavy atom. The van der Waals surface area contributed by atoms with Gasteiger partial charge in [-0.2, -0.15) is 13.2 Å². The van der Waals surface area contributed by atoms with Gasteiger partial charge in [0.05, 0.1) is 5.56 Å². The lowest BCUT2D eigenvalue weighted by Gasteiger charge is -2.19. The van der Waals surface area contributed by atoms with E-state index >= 15 is 0 Å². The highest BCUT2D eigenvalue weighted by Crippen LogP contribution is 2.37. The third-order valence-corrected chi connectivity index (χ3v) is 3.01. The number of hydrogen-bond donors (Lipinski definition) is 1. The van der Waals surface area contributed by atoms with Gasteiger partial charge in [-0.15, -0.1) is 0 Å². The van der Waals surface area contributed by atoms with Crippen LogP contribution in [-0.4, -0.2) is 16.7 Å². The number of pyridine rings is 1. The van der Waals surface area contributed by atoms with Gasteiger partial charge in [0.15, 0.2) is 11.5 Å². The predicted octanol–water partition coefficient (Wildman–Crippen LogP) is 2.34. The number of nitrogens with two attached hydrogens (primary N) is 1. The number of nitrogens with zero attached hydrogens (tertiary/aromatic N) is 1. The van der Waals surface area contributed by atoms with Crippen LogP contribution in [0, 0.1) is 0 Å². The minimum Gasteiger partial charge on any atom is -0.366 e. The summed E-state index contributed by atoms with van der Waals surface area (Å²) in [5.41, 5.74) is 3.45. The second-order valence-electron chi connectivity index (χ2n) is 4.43. The van der Waals surface area contributed by atoms with Crippen LogP contribution in [0.4, 0.5) is 13.2 Å². The molecule has 2 N–H and O–H groups in total. The van der Waals surface area contributed by atoms with Crippen LogP contribution in [0.5, 0.6) is 0 Å². The molecule has 4 nitrogen and oxygen atoms in total. The standard InChI is InChI=1S/C13H11F3N2O2/c14-13(15,16)11-10(7-2-1-3-8(19)6-7)9(12(17)20)4-5-18-11/h4-6H,1-3H2,(H2,17,20). The zero-order chi connectivity index (χ0) is 14.9. The van der Waals surface area contributed by atoms with Gasteiger partial charge in [0.1, 0.15) is 0 Å². The summed E-state index contributed by atoms with van der Waals surface area (Å²) in [7, 11) is 0. The molecule has 1 aromatic heterocycles. The molecule has 0 bridgehead atoms. The van der Waals surface area contributed by atoms with Gasteiger partial charge in [-0.05, 0) is 30.6 Å². The molecule has 7 heteroatoms. The Bertz CT molecular complexity index is 606. The molecule has 1 aliphatic carbocycles. The summed E-state index contributed by atoms with van der Waals surface area (Å²) in [6.45, 7) is 0. The van der Waals surface area contributed by atoms with Crippen molar-refractivity contribution in [3.8, 4) is 0 Å². The molecule has 0 radical (unpaired) electrons. The summed E-state index contributed by atoms with van der Waals surface area (Å²) < 4.78 is 39.1. The van der Waals surface area contributed by atoms with E-state index in [1.807, 2.05) is 0 Å². The van der Waals surface area contributed by atoms with Crippen molar-refractivity contribution in [1.29, 1.82) is 0 Å². The molecule has 0 unspecified atom stereocenters. The molecule has 0 atom stereocenters. The summed E-state index contributed by atoms with van der Waals surface area (Å²) in [5, 5.41) is 0. The third kappa shape index (κ3) is 2.71. The van der Waals surface area contributed by atoms with Gasteiger partial charge in [0, 0.05) is 18.2 Å². The molecule has 0 saturated carbocycles. The molecular weight excluding hydrogens is 273 g/mol. The first-order valence-corrected chi connectivity index (χ1v) is 5.90.